The van der Waals surface area contributed by atoms with Crippen LogP contribution in [0.5, 0.6) is 0 Å². The lowest BCUT2D eigenvalue weighted by Gasteiger charge is -2.07. The Bertz CT molecular complexity index is 570. The number of carbonyl (C=O) groups is 1. The van der Waals surface area contributed by atoms with Gasteiger partial charge < -0.3 is 10.1 Å². The maximum atomic E-state index is 11.0. The Kier molecular flexibility index (Phi) is 4.95. The Morgan fingerprint density at radius 1 is 1.25 bits per heavy atom. The third-order valence-electron chi connectivity index (χ3n) is 2.59. The lowest BCUT2D eigenvalue weighted by atomic mass is 10.2. The van der Waals surface area contributed by atoms with Crippen LogP contribution in [0.4, 0.5) is 16.3 Å². The molecule has 5 nitrogen and oxygen atoms in total. The predicted octanol–water partition coefficient (Wildman–Crippen LogP) is 3.63. The van der Waals surface area contributed by atoms with E-state index in [1.807, 2.05) is 36.4 Å². The standard InChI is InChI=1S/C14H14BrN3O2/c1-20-14(19)18-12-5-2-10(3-6-12)8-16-13-7-4-11(15)9-17-13/h2-7,9H,8H2,1H3,(H,16,17)(H,18,19). The molecule has 1 aromatic heterocycles. The Labute approximate surface area is 125 Å². The van der Waals surface area contributed by atoms with E-state index in [2.05, 4.69) is 36.3 Å². The van der Waals surface area contributed by atoms with Crippen molar-refractivity contribution in [3.63, 3.8) is 0 Å². The Morgan fingerprint density at radius 3 is 2.60 bits per heavy atom. The van der Waals surface area contributed by atoms with E-state index < -0.39 is 6.09 Å². The van der Waals surface area contributed by atoms with Crippen molar-refractivity contribution in [2.45, 2.75) is 6.54 Å². The summed E-state index contributed by atoms with van der Waals surface area (Å²) in [5.74, 6) is 0.810. The largest absolute Gasteiger partial charge is 0.453 e. The summed E-state index contributed by atoms with van der Waals surface area (Å²) in [6.07, 6.45) is 1.26. The molecule has 0 aliphatic heterocycles. The van der Waals surface area contributed by atoms with E-state index in [0.717, 1.165) is 15.9 Å². The molecule has 0 atom stereocenters. The first-order valence-electron chi connectivity index (χ1n) is 5.97. The van der Waals surface area contributed by atoms with Crippen molar-refractivity contribution in [3.8, 4) is 0 Å². The van der Waals surface area contributed by atoms with Crippen molar-refractivity contribution < 1.29 is 9.53 Å². The molecule has 0 bridgehead atoms. The van der Waals surface area contributed by atoms with E-state index in [9.17, 15) is 4.79 Å². The number of carbonyl (C=O) groups excluding carboxylic acids is 1. The van der Waals surface area contributed by atoms with Gasteiger partial charge in [-0.15, -0.1) is 0 Å². The van der Waals surface area contributed by atoms with Crippen LogP contribution in [0.3, 0.4) is 0 Å². The number of halogens is 1. The van der Waals surface area contributed by atoms with Crippen LogP contribution in [-0.2, 0) is 11.3 Å². The highest BCUT2D eigenvalue weighted by Crippen LogP contribution is 2.13. The van der Waals surface area contributed by atoms with Crippen molar-refractivity contribution in [2.24, 2.45) is 0 Å². The average molecular weight is 336 g/mol. The first-order valence-corrected chi connectivity index (χ1v) is 6.76. The highest BCUT2D eigenvalue weighted by atomic mass is 79.9. The van der Waals surface area contributed by atoms with Gasteiger partial charge in [-0.1, -0.05) is 12.1 Å². The van der Waals surface area contributed by atoms with Gasteiger partial charge in [0.15, 0.2) is 0 Å². The van der Waals surface area contributed by atoms with Crippen LogP contribution in [0.2, 0.25) is 0 Å². The molecule has 2 aromatic rings. The summed E-state index contributed by atoms with van der Waals surface area (Å²) in [6, 6.07) is 11.3. The van der Waals surface area contributed by atoms with E-state index >= 15 is 0 Å². The number of hydrogen-bond donors (Lipinski definition) is 2. The van der Waals surface area contributed by atoms with E-state index in [0.29, 0.717) is 12.2 Å². The molecule has 1 amide bonds. The summed E-state index contributed by atoms with van der Waals surface area (Å²) in [6.45, 7) is 0.660. The SMILES string of the molecule is COC(=O)Nc1ccc(CNc2ccc(Br)cn2)cc1. The third kappa shape index (κ3) is 4.24. The summed E-state index contributed by atoms with van der Waals surface area (Å²) in [7, 11) is 1.33. The van der Waals surface area contributed by atoms with Crippen molar-refractivity contribution in [2.75, 3.05) is 17.7 Å². The molecular formula is C14H14BrN3O2. The van der Waals surface area contributed by atoms with Gasteiger partial charge >= 0.3 is 6.09 Å². The monoisotopic (exact) mass is 335 g/mol. The molecule has 0 saturated carbocycles. The van der Waals surface area contributed by atoms with E-state index in [-0.39, 0.29) is 0 Å². The normalized spacial score (nSPS) is 9.90. The van der Waals surface area contributed by atoms with Gasteiger partial charge in [-0.2, -0.15) is 0 Å². The van der Waals surface area contributed by atoms with Crippen molar-refractivity contribution in [3.05, 3.63) is 52.6 Å². The summed E-state index contributed by atoms with van der Waals surface area (Å²) < 4.78 is 5.47. The molecule has 0 spiro atoms. The minimum absolute atomic E-state index is 0.477. The molecule has 0 saturated heterocycles. The van der Waals surface area contributed by atoms with Gasteiger partial charge in [-0.25, -0.2) is 9.78 Å². The fraction of sp³-hybridized carbons (Fsp3) is 0.143. The summed E-state index contributed by atoms with van der Waals surface area (Å²) in [5, 5.41) is 5.82. The number of anilines is 2. The maximum absolute atomic E-state index is 11.0. The van der Waals surface area contributed by atoms with Gasteiger partial charge in [0.1, 0.15) is 5.82 Å². The number of benzene rings is 1. The molecule has 0 radical (unpaired) electrons. The van der Waals surface area contributed by atoms with Crippen LogP contribution in [0.25, 0.3) is 0 Å². The lowest BCUT2D eigenvalue weighted by molar-refractivity contribution is 0.187. The number of rotatable bonds is 4. The van der Waals surface area contributed by atoms with Gasteiger partial charge in [0.05, 0.1) is 7.11 Å². The smallest absolute Gasteiger partial charge is 0.411 e. The zero-order chi connectivity index (χ0) is 14.4. The van der Waals surface area contributed by atoms with E-state index in [4.69, 9.17) is 0 Å². The molecule has 0 aliphatic rings. The molecule has 104 valence electrons. The number of nitrogens with zero attached hydrogens (tertiary/aromatic N) is 1. The first-order chi connectivity index (χ1) is 9.67. The molecule has 20 heavy (non-hydrogen) atoms. The minimum atomic E-state index is -0.477. The fourth-order valence-corrected chi connectivity index (χ4v) is 1.78. The average Bonchev–Trinajstić information content (AvgIpc) is 2.48. The van der Waals surface area contributed by atoms with Gasteiger partial charge in [0.25, 0.3) is 0 Å². The molecule has 2 N–H and O–H groups in total. The first kappa shape index (κ1) is 14.3. The van der Waals surface area contributed by atoms with Gasteiger partial charge in [0.2, 0.25) is 0 Å². The second-order valence-electron chi connectivity index (χ2n) is 4.03. The van der Waals surface area contributed by atoms with Crippen molar-refractivity contribution >= 4 is 33.5 Å². The number of pyridine rings is 1. The van der Waals surface area contributed by atoms with Crippen LogP contribution >= 0.6 is 15.9 Å². The lowest BCUT2D eigenvalue weighted by Crippen LogP contribution is -2.10. The summed E-state index contributed by atoms with van der Waals surface area (Å²) >= 11 is 3.34. The molecule has 0 fully saturated rings. The quantitative estimate of drug-likeness (QED) is 0.895. The molecule has 0 aliphatic carbocycles. The number of amides is 1. The second-order valence-corrected chi connectivity index (χ2v) is 4.94. The Balaban J connectivity index is 1.90. The second kappa shape index (κ2) is 6.91. The number of ether oxygens (including phenoxy) is 1. The number of methoxy groups -OCH3 is 1. The molecule has 1 heterocycles. The predicted molar refractivity (Wildman–Crippen MR) is 81.7 cm³/mol. The molecule has 6 heteroatoms. The van der Waals surface area contributed by atoms with Gasteiger partial charge in [-0.05, 0) is 45.8 Å². The van der Waals surface area contributed by atoms with Crippen molar-refractivity contribution in [1.29, 1.82) is 0 Å². The maximum Gasteiger partial charge on any atom is 0.411 e. The zero-order valence-corrected chi connectivity index (χ0v) is 12.5. The van der Waals surface area contributed by atoms with Crippen LogP contribution in [0.15, 0.2) is 47.1 Å². The summed E-state index contributed by atoms with van der Waals surface area (Å²) in [4.78, 5) is 15.3. The van der Waals surface area contributed by atoms with Crippen LogP contribution in [-0.4, -0.2) is 18.2 Å². The van der Waals surface area contributed by atoms with Crippen LogP contribution in [0.1, 0.15) is 5.56 Å². The van der Waals surface area contributed by atoms with E-state index in [1.165, 1.54) is 7.11 Å². The number of nitrogens with one attached hydrogen (secondary N) is 2. The molecule has 2 rings (SSSR count). The van der Waals surface area contributed by atoms with Crippen molar-refractivity contribution in [1.82, 2.24) is 4.98 Å². The number of hydrogen-bond acceptors (Lipinski definition) is 4. The Hall–Kier alpha value is -2.08. The number of aromatic nitrogens is 1. The van der Waals surface area contributed by atoms with E-state index in [1.54, 1.807) is 6.20 Å². The van der Waals surface area contributed by atoms with Gasteiger partial charge in [-0.3, -0.25) is 5.32 Å². The topological polar surface area (TPSA) is 63.2 Å². The van der Waals surface area contributed by atoms with Gasteiger partial charge in [0, 0.05) is 22.9 Å². The molecule has 0 unspecified atom stereocenters. The minimum Gasteiger partial charge on any atom is -0.453 e. The third-order valence-corrected chi connectivity index (χ3v) is 3.06. The summed E-state index contributed by atoms with van der Waals surface area (Å²) in [5.41, 5.74) is 1.78. The van der Waals surface area contributed by atoms with Crippen LogP contribution in [0, 0.1) is 0 Å². The highest BCUT2D eigenvalue weighted by Gasteiger charge is 2.00. The zero-order valence-electron chi connectivity index (χ0n) is 10.9. The molecular weight excluding hydrogens is 322 g/mol. The Morgan fingerprint density at radius 2 is 2.00 bits per heavy atom. The fourth-order valence-electron chi connectivity index (χ4n) is 1.55. The molecule has 1 aromatic carbocycles. The van der Waals surface area contributed by atoms with Crippen LogP contribution < -0.4 is 10.6 Å². The highest BCUT2D eigenvalue weighted by molar-refractivity contribution is 9.10.